The van der Waals surface area contributed by atoms with Crippen molar-refractivity contribution in [2.45, 2.75) is 63.5 Å². The molecule has 6 heteroatoms. The molecular weight excluding hydrogens is 530 g/mol. The van der Waals surface area contributed by atoms with Crippen LogP contribution in [-0.2, 0) is 0 Å². The van der Waals surface area contributed by atoms with E-state index in [-0.39, 0.29) is 17.6 Å². The molecule has 0 aromatic heterocycles. The van der Waals surface area contributed by atoms with E-state index in [4.69, 9.17) is 16.3 Å². The first kappa shape index (κ1) is 29.6. The minimum atomic E-state index is -0.0942. The quantitative estimate of drug-likeness (QED) is 0.283. The van der Waals surface area contributed by atoms with E-state index in [2.05, 4.69) is 89.6 Å². The van der Waals surface area contributed by atoms with Crippen molar-refractivity contribution in [3.05, 3.63) is 101 Å². The smallest absolute Gasteiger partial charge is 0.251 e. The molecule has 2 aliphatic rings. The fourth-order valence-corrected chi connectivity index (χ4v) is 6.39. The zero-order chi connectivity index (χ0) is 28.7. The number of carbonyl (C=O) groups excluding carboxylic acids is 1. The van der Waals surface area contributed by atoms with E-state index in [9.17, 15) is 4.79 Å². The lowest BCUT2D eigenvalue weighted by atomic mass is 9.90. The number of nitrogens with zero attached hydrogens (tertiary/aromatic N) is 2. The van der Waals surface area contributed by atoms with Crippen LogP contribution in [-0.4, -0.2) is 66.6 Å². The maximum absolute atomic E-state index is 12.9. The zero-order valence-electron chi connectivity index (χ0n) is 24.5. The fraction of sp³-hybridized carbons (Fsp3) is 0.457. The molecule has 3 aromatic carbocycles. The van der Waals surface area contributed by atoms with Crippen LogP contribution in [0, 0.1) is 0 Å². The highest BCUT2D eigenvalue weighted by atomic mass is 35.5. The third kappa shape index (κ3) is 7.91. The molecule has 0 atom stereocenters. The van der Waals surface area contributed by atoms with Gasteiger partial charge in [-0.1, -0.05) is 78.7 Å². The largest absolute Gasteiger partial charge is 0.489 e. The van der Waals surface area contributed by atoms with Crippen LogP contribution >= 0.6 is 11.6 Å². The number of rotatable bonds is 10. The highest BCUT2D eigenvalue weighted by Gasteiger charge is 2.29. The highest BCUT2D eigenvalue weighted by molar-refractivity contribution is 6.32. The Morgan fingerprint density at radius 2 is 1.51 bits per heavy atom. The summed E-state index contributed by atoms with van der Waals surface area (Å²) in [5.41, 5.74) is 3.20. The van der Waals surface area contributed by atoms with E-state index in [1.807, 2.05) is 12.1 Å². The third-order valence-electron chi connectivity index (χ3n) is 8.76. The molecule has 2 aliphatic heterocycles. The predicted molar refractivity (Wildman–Crippen MR) is 168 cm³/mol. The fourth-order valence-electron chi connectivity index (χ4n) is 6.17. The van der Waals surface area contributed by atoms with Gasteiger partial charge in [-0.3, -0.25) is 9.69 Å². The molecule has 0 radical (unpaired) electrons. The number of halogens is 1. The Balaban J connectivity index is 1.13. The molecule has 2 saturated heterocycles. The van der Waals surface area contributed by atoms with Gasteiger partial charge in [0.1, 0.15) is 11.9 Å². The van der Waals surface area contributed by atoms with Gasteiger partial charge in [0.2, 0.25) is 0 Å². The number of ether oxygens (including phenoxy) is 1. The summed E-state index contributed by atoms with van der Waals surface area (Å²) in [4.78, 5) is 18.0. The molecule has 1 N–H and O–H groups in total. The van der Waals surface area contributed by atoms with E-state index in [0.717, 1.165) is 45.6 Å². The molecule has 3 aromatic rings. The van der Waals surface area contributed by atoms with Gasteiger partial charge in [-0.05, 0) is 81.9 Å². The van der Waals surface area contributed by atoms with Gasteiger partial charge in [0.25, 0.3) is 5.91 Å². The molecule has 2 fully saturated rings. The minimum absolute atomic E-state index is 0.0694. The van der Waals surface area contributed by atoms with Gasteiger partial charge in [0, 0.05) is 43.2 Å². The second-order valence-electron chi connectivity index (χ2n) is 12.2. The number of hydrogen-bond donors (Lipinski definition) is 1. The number of nitrogens with one attached hydrogen (secondary N) is 1. The predicted octanol–water partition coefficient (Wildman–Crippen LogP) is 7.01. The van der Waals surface area contributed by atoms with Crippen molar-refractivity contribution in [3.63, 3.8) is 0 Å². The molecule has 1 amide bonds. The molecule has 0 aliphatic carbocycles. The third-order valence-corrected chi connectivity index (χ3v) is 9.06. The van der Waals surface area contributed by atoms with E-state index >= 15 is 0 Å². The topological polar surface area (TPSA) is 44.8 Å². The van der Waals surface area contributed by atoms with Crippen molar-refractivity contribution < 1.29 is 9.53 Å². The molecule has 2 heterocycles. The lowest BCUT2D eigenvalue weighted by molar-refractivity contribution is 0.0797. The Morgan fingerprint density at radius 1 is 0.902 bits per heavy atom. The van der Waals surface area contributed by atoms with E-state index in [0.29, 0.717) is 28.8 Å². The summed E-state index contributed by atoms with van der Waals surface area (Å²) in [5, 5.41) is 3.61. The summed E-state index contributed by atoms with van der Waals surface area (Å²) in [7, 11) is 0. The number of benzene rings is 3. The first-order valence-electron chi connectivity index (χ1n) is 15.2. The van der Waals surface area contributed by atoms with Crippen molar-refractivity contribution in [2.24, 2.45) is 0 Å². The monoisotopic (exact) mass is 573 g/mol. The van der Waals surface area contributed by atoms with Crippen LogP contribution in [0.4, 0.5) is 0 Å². The number of piperidine rings is 2. The number of likely N-dealkylation sites (tertiary alicyclic amines) is 2. The molecule has 5 nitrogen and oxygen atoms in total. The first-order valence-corrected chi connectivity index (χ1v) is 15.6. The summed E-state index contributed by atoms with van der Waals surface area (Å²) in [5.74, 6) is 0.901. The van der Waals surface area contributed by atoms with Crippen LogP contribution in [0.15, 0.2) is 78.9 Å². The number of hydrogen-bond acceptors (Lipinski definition) is 4. The maximum Gasteiger partial charge on any atom is 0.251 e. The minimum Gasteiger partial charge on any atom is -0.489 e. The molecule has 0 unspecified atom stereocenters. The van der Waals surface area contributed by atoms with Gasteiger partial charge in [-0.2, -0.15) is 0 Å². The SMILES string of the molecule is CC(C)(CNC(=O)c1ccc(OC2CCN(CC(c3ccccc3)c3ccccc3)CC2)c(Cl)c1)N1CCCCC1. The Morgan fingerprint density at radius 3 is 2.10 bits per heavy atom. The summed E-state index contributed by atoms with van der Waals surface area (Å²) in [6.45, 7) is 10.2. The van der Waals surface area contributed by atoms with Gasteiger partial charge in [0.15, 0.2) is 0 Å². The van der Waals surface area contributed by atoms with E-state index in [1.54, 1.807) is 6.07 Å². The summed E-state index contributed by atoms with van der Waals surface area (Å²) in [6.07, 6.45) is 5.76. The second-order valence-corrected chi connectivity index (χ2v) is 12.6. The highest BCUT2D eigenvalue weighted by Crippen LogP contribution is 2.31. The van der Waals surface area contributed by atoms with Crippen LogP contribution in [0.25, 0.3) is 0 Å². The van der Waals surface area contributed by atoms with E-state index < -0.39 is 0 Å². The number of amides is 1. The standard InChI is InChI=1S/C35H44ClN3O2/c1-35(2,39-20-10-5-11-21-39)26-37-34(40)29-16-17-33(32(36)24-29)41-30-18-22-38(23-19-30)25-31(27-12-6-3-7-13-27)28-14-8-4-9-15-28/h3-4,6-9,12-17,24,30-31H,5,10-11,18-23,25-26H2,1-2H3,(H,37,40). The Kier molecular flexibility index (Phi) is 10.0. The molecule has 5 rings (SSSR count). The van der Waals surface area contributed by atoms with Crippen molar-refractivity contribution in [1.82, 2.24) is 15.1 Å². The lowest BCUT2D eigenvalue weighted by Crippen LogP contribution is -2.53. The summed E-state index contributed by atoms with van der Waals surface area (Å²) in [6, 6.07) is 27.0. The number of carbonyl (C=O) groups is 1. The Labute approximate surface area is 250 Å². The van der Waals surface area contributed by atoms with E-state index in [1.165, 1.54) is 30.4 Å². The zero-order valence-corrected chi connectivity index (χ0v) is 25.3. The summed E-state index contributed by atoms with van der Waals surface area (Å²) < 4.78 is 6.34. The summed E-state index contributed by atoms with van der Waals surface area (Å²) >= 11 is 6.61. The second kappa shape index (κ2) is 13.9. The average molecular weight is 574 g/mol. The lowest BCUT2D eigenvalue weighted by Gasteiger charge is -2.41. The van der Waals surface area contributed by atoms with Crippen molar-refractivity contribution in [2.75, 3.05) is 39.3 Å². The van der Waals surface area contributed by atoms with Gasteiger partial charge >= 0.3 is 0 Å². The average Bonchev–Trinajstić information content (AvgIpc) is 3.02. The molecule has 0 saturated carbocycles. The van der Waals surface area contributed by atoms with Crippen LogP contribution in [0.3, 0.4) is 0 Å². The molecule has 41 heavy (non-hydrogen) atoms. The first-order chi connectivity index (χ1) is 19.9. The Bertz CT molecular complexity index is 1210. The van der Waals surface area contributed by atoms with Gasteiger partial charge in [-0.25, -0.2) is 0 Å². The maximum atomic E-state index is 12.9. The van der Waals surface area contributed by atoms with Crippen LogP contribution in [0.5, 0.6) is 5.75 Å². The normalized spacial score (nSPS) is 17.5. The van der Waals surface area contributed by atoms with Crippen LogP contribution < -0.4 is 10.1 Å². The van der Waals surface area contributed by atoms with Gasteiger partial charge < -0.3 is 15.0 Å². The van der Waals surface area contributed by atoms with Crippen LogP contribution in [0.1, 0.15) is 73.4 Å². The molecule has 218 valence electrons. The van der Waals surface area contributed by atoms with Gasteiger partial charge in [-0.15, -0.1) is 0 Å². The molecule has 0 bridgehead atoms. The molecular formula is C35H44ClN3O2. The van der Waals surface area contributed by atoms with Crippen molar-refractivity contribution in [1.29, 1.82) is 0 Å². The van der Waals surface area contributed by atoms with Crippen LogP contribution in [0.2, 0.25) is 5.02 Å². The van der Waals surface area contributed by atoms with Crippen molar-refractivity contribution >= 4 is 17.5 Å². The van der Waals surface area contributed by atoms with Gasteiger partial charge in [0.05, 0.1) is 5.02 Å². The molecule has 0 spiro atoms. The van der Waals surface area contributed by atoms with Crippen molar-refractivity contribution in [3.8, 4) is 5.75 Å². The Hall–Kier alpha value is -2.86.